The molecule has 2 atom stereocenters. The van der Waals surface area contributed by atoms with Gasteiger partial charge in [-0.05, 0) is 19.3 Å². The van der Waals surface area contributed by atoms with Gasteiger partial charge in [0.05, 0.1) is 24.3 Å². The van der Waals surface area contributed by atoms with E-state index < -0.39 is 0 Å². The molecule has 6 nitrogen and oxygen atoms in total. The smallest absolute Gasteiger partial charge is 0.231 e. The quantitative estimate of drug-likeness (QED) is 0.868. The molecule has 1 aliphatic rings. The van der Waals surface area contributed by atoms with E-state index in [-0.39, 0.29) is 17.9 Å². The zero-order valence-electron chi connectivity index (χ0n) is 13.1. The fourth-order valence-corrected chi connectivity index (χ4v) is 2.73. The Morgan fingerprint density at radius 1 is 1.62 bits per heavy atom. The van der Waals surface area contributed by atoms with Crippen LogP contribution in [-0.2, 0) is 27.7 Å². The Hall–Kier alpha value is -1.40. The molecule has 1 fully saturated rings. The van der Waals surface area contributed by atoms with Crippen molar-refractivity contribution in [2.75, 3.05) is 25.6 Å². The Labute approximate surface area is 125 Å². The van der Waals surface area contributed by atoms with Crippen molar-refractivity contribution in [1.29, 1.82) is 0 Å². The number of rotatable bonds is 6. The molecule has 1 aromatic heterocycles. The van der Waals surface area contributed by atoms with Gasteiger partial charge in [-0.15, -0.1) is 0 Å². The number of carbonyl (C=O) groups excluding carboxylic acids is 1. The Kier molecular flexibility index (Phi) is 5.76. The van der Waals surface area contributed by atoms with Crippen molar-refractivity contribution >= 4 is 11.7 Å². The Balaban J connectivity index is 1.99. The normalized spacial score (nSPS) is 22.2. The van der Waals surface area contributed by atoms with Gasteiger partial charge in [-0.2, -0.15) is 5.10 Å². The molecule has 0 radical (unpaired) electrons. The molecule has 118 valence electrons. The van der Waals surface area contributed by atoms with Gasteiger partial charge < -0.3 is 14.8 Å². The minimum atomic E-state index is -0.0684. The van der Waals surface area contributed by atoms with Gasteiger partial charge >= 0.3 is 0 Å². The number of nitrogens with zero attached hydrogens (tertiary/aromatic N) is 2. The molecule has 0 aromatic carbocycles. The first-order valence-corrected chi connectivity index (χ1v) is 7.60. The van der Waals surface area contributed by atoms with E-state index in [2.05, 4.69) is 17.3 Å². The third-order valence-electron chi connectivity index (χ3n) is 3.92. The van der Waals surface area contributed by atoms with Crippen LogP contribution < -0.4 is 5.32 Å². The first kappa shape index (κ1) is 16.0. The topological polar surface area (TPSA) is 65.4 Å². The lowest BCUT2D eigenvalue weighted by molar-refractivity contribution is -0.129. The summed E-state index contributed by atoms with van der Waals surface area (Å²) >= 11 is 0. The average molecular weight is 295 g/mol. The molecule has 2 heterocycles. The highest BCUT2D eigenvalue weighted by molar-refractivity contribution is 5.92. The Bertz CT molecular complexity index is 473. The van der Waals surface area contributed by atoms with E-state index in [9.17, 15) is 4.79 Å². The molecule has 0 spiro atoms. The lowest BCUT2D eigenvalue weighted by Gasteiger charge is -2.29. The second-order valence-corrected chi connectivity index (χ2v) is 5.44. The number of hydrogen-bond donors (Lipinski definition) is 1. The number of amides is 1. The van der Waals surface area contributed by atoms with Crippen molar-refractivity contribution in [3.8, 4) is 0 Å². The fraction of sp³-hybridized carbons (Fsp3) is 0.733. The van der Waals surface area contributed by atoms with Gasteiger partial charge in [0, 0.05) is 33.3 Å². The average Bonchev–Trinajstić information content (AvgIpc) is 2.85. The van der Waals surface area contributed by atoms with Crippen LogP contribution in [0.5, 0.6) is 0 Å². The molecule has 1 N–H and O–H groups in total. The zero-order chi connectivity index (χ0) is 15.2. The summed E-state index contributed by atoms with van der Waals surface area (Å²) in [6.07, 6.45) is 3.46. The summed E-state index contributed by atoms with van der Waals surface area (Å²) in [6, 6.07) is 1.90. The first-order valence-electron chi connectivity index (χ1n) is 7.60. The minimum Gasteiger partial charge on any atom is -0.384 e. The molecule has 2 rings (SSSR count). The van der Waals surface area contributed by atoms with E-state index in [1.165, 1.54) is 0 Å². The van der Waals surface area contributed by atoms with E-state index in [4.69, 9.17) is 9.47 Å². The lowest BCUT2D eigenvalue weighted by atomic mass is 9.92. The molecule has 2 unspecified atom stereocenters. The van der Waals surface area contributed by atoms with Gasteiger partial charge in [0.1, 0.15) is 5.82 Å². The number of aromatic nitrogens is 2. The van der Waals surface area contributed by atoms with E-state index in [0.29, 0.717) is 6.61 Å². The molecule has 0 aliphatic carbocycles. The second kappa shape index (κ2) is 7.56. The highest BCUT2D eigenvalue weighted by Crippen LogP contribution is 2.24. The standard InChI is InChI=1S/C15H25N3O3/c1-4-13-12(6-5-8-21-13)15(19)16-14-10-11(7-9-20-3)17-18(14)2/h10,12-13H,4-9H2,1-3H3,(H,16,19). The van der Waals surface area contributed by atoms with Crippen molar-refractivity contribution in [3.63, 3.8) is 0 Å². The number of aryl methyl sites for hydroxylation is 1. The number of nitrogens with one attached hydrogen (secondary N) is 1. The molecule has 6 heteroatoms. The second-order valence-electron chi connectivity index (χ2n) is 5.44. The predicted molar refractivity (Wildman–Crippen MR) is 80.2 cm³/mol. The highest BCUT2D eigenvalue weighted by atomic mass is 16.5. The molecular weight excluding hydrogens is 270 g/mol. The SMILES string of the molecule is CCC1OCCCC1C(=O)Nc1cc(CCOC)nn1C. The van der Waals surface area contributed by atoms with Crippen LogP contribution >= 0.6 is 0 Å². The Morgan fingerprint density at radius 3 is 3.14 bits per heavy atom. The summed E-state index contributed by atoms with van der Waals surface area (Å²) in [5, 5.41) is 7.36. The maximum absolute atomic E-state index is 12.5. The van der Waals surface area contributed by atoms with E-state index in [1.54, 1.807) is 11.8 Å². The summed E-state index contributed by atoms with van der Waals surface area (Å²) in [6.45, 7) is 3.44. The molecule has 1 aliphatic heterocycles. The number of ether oxygens (including phenoxy) is 2. The number of carbonyl (C=O) groups is 1. The monoisotopic (exact) mass is 295 g/mol. The largest absolute Gasteiger partial charge is 0.384 e. The van der Waals surface area contributed by atoms with Crippen molar-refractivity contribution in [3.05, 3.63) is 11.8 Å². The molecule has 0 saturated carbocycles. The Morgan fingerprint density at radius 2 is 2.43 bits per heavy atom. The number of anilines is 1. The summed E-state index contributed by atoms with van der Waals surface area (Å²) in [4.78, 5) is 12.5. The van der Waals surface area contributed by atoms with Gasteiger partial charge in [0.25, 0.3) is 0 Å². The number of methoxy groups -OCH3 is 1. The van der Waals surface area contributed by atoms with Crippen molar-refractivity contribution in [2.24, 2.45) is 13.0 Å². The van der Waals surface area contributed by atoms with Crippen LogP contribution in [0.1, 0.15) is 31.9 Å². The fourth-order valence-electron chi connectivity index (χ4n) is 2.73. The summed E-state index contributed by atoms with van der Waals surface area (Å²) in [5.74, 6) is 0.690. The van der Waals surface area contributed by atoms with Gasteiger partial charge in [0.2, 0.25) is 5.91 Å². The molecule has 1 amide bonds. The maximum Gasteiger partial charge on any atom is 0.231 e. The zero-order valence-corrected chi connectivity index (χ0v) is 13.1. The maximum atomic E-state index is 12.5. The third-order valence-corrected chi connectivity index (χ3v) is 3.92. The summed E-state index contributed by atoms with van der Waals surface area (Å²) < 4.78 is 12.4. The summed E-state index contributed by atoms with van der Waals surface area (Å²) in [7, 11) is 3.50. The van der Waals surface area contributed by atoms with Crippen molar-refractivity contribution in [1.82, 2.24) is 9.78 Å². The number of hydrogen-bond acceptors (Lipinski definition) is 4. The van der Waals surface area contributed by atoms with Crippen LogP contribution in [0, 0.1) is 5.92 Å². The van der Waals surface area contributed by atoms with Crippen LogP contribution in [0.15, 0.2) is 6.07 Å². The minimum absolute atomic E-state index is 0.0277. The van der Waals surface area contributed by atoms with E-state index >= 15 is 0 Å². The summed E-state index contributed by atoms with van der Waals surface area (Å²) in [5.41, 5.74) is 0.918. The molecular formula is C15H25N3O3. The van der Waals surface area contributed by atoms with Crippen molar-refractivity contribution < 1.29 is 14.3 Å². The van der Waals surface area contributed by atoms with E-state index in [0.717, 1.165) is 43.8 Å². The van der Waals surface area contributed by atoms with Crippen LogP contribution in [0.4, 0.5) is 5.82 Å². The van der Waals surface area contributed by atoms with Gasteiger partial charge in [-0.1, -0.05) is 6.92 Å². The van der Waals surface area contributed by atoms with Gasteiger partial charge in [-0.3, -0.25) is 9.48 Å². The van der Waals surface area contributed by atoms with Crippen molar-refractivity contribution in [2.45, 2.75) is 38.7 Å². The van der Waals surface area contributed by atoms with Gasteiger partial charge in [-0.25, -0.2) is 0 Å². The molecule has 1 aromatic rings. The molecule has 1 saturated heterocycles. The first-order chi connectivity index (χ1) is 10.2. The lowest BCUT2D eigenvalue weighted by Crippen LogP contribution is -2.38. The van der Waals surface area contributed by atoms with Crippen LogP contribution in [0.3, 0.4) is 0 Å². The van der Waals surface area contributed by atoms with Gasteiger partial charge in [0.15, 0.2) is 0 Å². The van der Waals surface area contributed by atoms with Crippen LogP contribution in [0.2, 0.25) is 0 Å². The van der Waals surface area contributed by atoms with Crippen LogP contribution in [-0.4, -0.2) is 42.1 Å². The molecule has 0 bridgehead atoms. The highest BCUT2D eigenvalue weighted by Gasteiger charge is 2.31. The molecule has 21 heavy (non-hydrogen) atoms. The predicted octanol–water partition coefficient (Wildman–Crippen LogP) is 1.75. The van der Waals surface area contributed by atoms with E-state index in [1.807, 2.05) is 13.1 Å². The van der Waals surface area contributed by atoms with Crippen LogP contribution in [0.25, 0.3) is 0 Å². The third kappa shape index (κ3) is 4.04.